The van der Waals surface area contributed by atoms with E-state index in [1.807, 2.05) is 0 Å². The summed E-state index contributed by atoms with van der Waals surface area (Å²) in [6.45, 7) is 2.37. The van der Waals surface area contributed by atoms with Gasteiger partial charge in [-0.3, -0.25) is 0 Å². The van der Waals surface area contributed by atoms with E-state index in [4.69, 9.17) is 4.74 Å². The molecule has 3 aliphatic rings. The standard InChI is InChI=1S/C12H22N2O3S.ClH/c15-18(16,11-3-4-11)14-8-10-2-1-5-12(17-10)6-7-13-9-12;/h10-11,13-14H,1-9H2;1H/t10-,12+;/m0./s1. The highest BCUT2D eigenvalue weighted by Crippen LogP contribution is 2.33. The number of rotatable bonds is 4. The molecule has 1 aliphatic carbocycles. The van der Waals surface area contributed by atoms with E-state index < -0.39 is 10.0 Å². The predicted octanol–water partition coefficient (Wildman–Crippen LogP) is 0.791. The monoisotopic (exact) mass is 310 g/mol. The second kappa shape index (κ2) is 5.85. The Morgan fingerprint density at radius 2 is 2.05 bits per heavy atom. The first-order chi connectivity index (χ1) is 8.60. The van der Waals surface area contributed by atoms with Crippen molar-refractivity contribution in [1.82, 2.24) is 10.0 Å². The fraction of sp³-hybridized carbons (Fsp3) is 1.00. The molecule has 0 radical (unpaired) electrons. The maximum atomic E-state index is 11.8. The third-order valence-electron chi connectivity index (χ3n) is 4.26. The maximum Gasteiger partial charge on any atom is 0.214 e. The molecule has 3 fully saturated rings. The Labute approximate surface area is 121 Å². The molecule has 7 heteroatoms. The molecule has 19 heavy (non-hydrogen) atoms. The van der Waals surface area contributed by atoms with Gasteiger partial charge in [0.15, 0.2) is 0 Å². The molecule has 5 nitrogen and oxygen atoms in total. The topological polar surface area (TPSA) is 67.4 Å². The fourth-order valence-electron chi connectivity index (χ4n) is 3.01. The van der Waals surface area contributed by atoms with Gasteiger partial charge in [0.25, 0.3) is 0 Å². The molecule has 0 aromatic carbocycles. The van der Waals surface area contributed by atoms with Gasteiger partial charge in [-0.2, -0.15) is 0 Å². The van der Waals surface area contributed by atoms with Crippen molar-refractivity contribution in [3.63, 3.8) is 0 Å². The van der Waals surface area contributed by atoms with Crippen LogP contribution in [0.3, 0.4) is 0 Å². The van der Waals surface area contributed by atoms with E-state index in [-0.39, 0.29) is 29.4 Å². The van der Waals surface area contributed by atoms with E-state index in [1.165, 1.54) is 0 Å². The van der Waals surface area contributed by atoms with E-state index in [1.54, 1.807) is 0 Å². The van der Waals surface area contributed by atoms with Gasteiger partial charge in [-0.1, -0.05) is 0 Å². The minimum Gasteiger partial charge on any atom is -0.369 e. The minimum atomic E-state index is -3.07. The van der Waals surface area contributed by atoms with Crippen LogP contribution in [0.2, 0.25) is 0 Å². The van der Waals surface area contributed by atoms with Crippen molar-refractivity contribution in [2.75, 3.05) is 19.6 Å². The lowest BCUT2D eigenvalue weighted by atomic mass is 9.91. The molecule has 0 amide bonds. The van der Waals surface area contributed by atoms with Gasteiger partial charge in [-0.05, 0) is 45.1 Å². The van der Waals surface area contributed by atoms with Crippen molar-refractivity contribution in [2.45, 2.75) is 55.5 Å². The Morgan fingerprint density at radius 1 is 1.26 bits per heavy atom. The van der Waals surface area contributed by atoms with E-state index in [2.05, 4.69) is 10.0 Å². The lowest BCUT2D eigenvalue weighted by Crippen LogP contribution is -2.46. The van der Waals surface area contributed by atoms with Gasteiger partial charge in [-0.15, -0.1) is 12.4 Å². The number of ether oxygens (including phenoxy) is 1. The first-order valence-corrected chi connectivity index (χ1v) is 8.51. The molecule has 0 bridgehead atoms. The summed E-state index contributed by atoms with van der Waals surface area (Å²) in [6.07, 6.45) is 5.94. The van der Waals surface area contributed by atoms with Crippen LogP contribution in [0.4, 0.5) is 0 Å². The van der Waals surface area contributed by atoms with Crippen molar-refractivity contribution in [3.8, 4) is 0 Å². The largest absolute Gasteiger partial charge is 0.369 e. The van der Waals surface area contributed by atoms with Crippen LogP contribution < -0.4 is 10.0 Å². The highest BCUT2D eigenvalue weighted by atomic mass is 35.5. The number of nitrogens with one attached hydrogen (secondary N) is 2. The Morgan fingerprint density at radius 3 is 2.68 bits per heavy atom. The smallest absolute Gasteiger partial charge is 0.214 e. The average molecular weight is 311 g/mol. The highest BCUT2D eigenvalue weighted by Gasteiger charge is 2.41. The van der Waals surface area contributed by atoms with Gasteiger partial charge in [0.05, 0.1) is 17.0 Å². The van der Waals surface area contributed by atoms with Gasteiger partial charge in [0.1, 0.15) is 0 Å². The molecule has 2 aliphatic heterocycles. The van der Waals surface area contributed by atoms with Crippen LogP contribution >= 0.6 is 12.4 Å². The zero-order chi connectivity index (χ0) is 12.6. The summed E-state index contributed by atoms with van der Waals surface area (Å²) in [7, 11) is -3.07. The van der Waals surface area contributed by atoms with Crippen molar-refractivity contribution in [1.29, 1.82) is 0 Å². The molecule has 1 spiro atoms. The molecular weight excluding hydrogens is 288 g/mol. The molecule has 0 aromatic rings. The first kappa shape index (κ1) is 15.5. The summed E-state index contributed by atoms with van der Waals surface area (Å²) < 4.78 is 32.4. The van der Waals surface area contributed by atoms with Gasteiger partial charge in [0.2, 0.25) is 10.0 Å². The molecule has 2 atom stereocenters. The fourth-order valence-corrected chi connectivity index (χ4v) is 4.42. The molecule has 112 valence electrons. The van der Waals surface area contributed by atoms with Gasteiger partial charge in [-0.25, -0.2) is 13.1 Å². The van der Waals surface area contributed by atoms with Crippen molar-refractivity contribution in [3.05, 3.63) is 0 Å². The minimum absolute atomic E-state index is 0. The van der Waals surface area contributed by atoms with Crippen LogP contribution in [0.15, 0.2) is 0 Å². The first-order valence-electron chi connectivity index (χ1n) is 6.97. The van der Waals surface area contributed by atoms with Crippen LogP contribution in [0.25, 0.3) is 0 Å². The molecule has 2 N–H and O–H groups in total. The van der Waals surface area contributed by atoms with Gasteiger partial charge < -0.3 is 10.1 Å². The number of sulfonamides is 1. The second-order valence-corrected chi connectivity index (χ2v) is 7.88. The quantitative estimate of drug-likeness (QED) is 0.806. The van der Waals surface area contributed by atoms with Crippen molar-refractivity contribution in [2.24, 2.45) is 0 Å². The summed E-state index contributed by atoms with van der Waals surface area (Å²) >= 11 is 0. The molecule has 2 heterocycles. The van der Waals surface area contributed by atoms with Gasteiger partial charge in [0, 0.05) is 13.1 Å². The Kier molecular flexibility index (Phi) is 4.78. The number of hydrogen-bond donors (Lipinski definition) is 2. The zero-order valence-corrected chi connectivity index (χ0v) is 12.7. The third-order valence-corrected chi connectivity index (χ3v) is 6.17. The summed E-state index contributed by atoms with van der Waals surface area (Å²) in [4.78, 5) is 0. The van der Waals surface area contributed by atoms with E-state index in [0.717, 1.165) is 51.6 Å². The van der Waals surface area contributed by atoms with Crippen LogP contribution in [0.5, 0.6) is 0 Å². The molecule has 2 saturated heterocycles. The van der Waals surface area contributed by atoms with Crippen LogP contribution in [-0.2, 0) is 14.8 Å². The Bertz CT molecular complexity index is 405. The SMILES string of the molecule is Cl.O=S(=O)(NC[C@@H]1CCC[C@]2(CCNC2)O1)C1CC1. The van der Waals surface area contributed by atoms with E-state index in [0.29, 0.717) is 6.54 Å². The van der Waals surface area contributed by atoms with Crippen LogP contribution in [0.1, 0.15) is 38.5 Å². The maximum absolute atomic E-state index is 11.8. The van der Waals surface area contributed by atoms with Crippen molar-refractivity contribution >= 4 is 22.4 Å². The molecule has 0 aromatic heterocycles. The second-order valence-electron chi connectivity index (χ2n) is 5.83. The summed E-state index contributed by atoms with van der Waals surface area (Å²) in [5.41, 5.74) is -0.0199. The third kappa shape index (κ3) is 3.61. The van der Waals surface area contributed by atoms with E-state index >= 15 is 0 Å². The molecule has 3 rings (SSSR count). The summed E-state index contributed by atoms with van der Waals surface area (Å²) in [5.74, 6) is 0. The van der Waals surface area contributed by atoms with E-state index in [9.17, 15) is 8.42 Å². The highest BCUT2D eigenvalue weighted by molar-refractivity contribution is 7.90. The van der Waals surface area contributed by atoms with Crippen LogP contribution in [0, 0.1) is 0 Å². The molecule has 0 unspecified atom stereocenters. The molecule has 1 saturated carbocycles. The molecular formula is C12H23ClN2O3S. The van der Waals surface area contributed by atoms with Crippen LogP contribution in [-0.4, -0.2) is 45.0 Å². The normalized spacial score (nSPS) is 35.3. The number of hydrogen-bond acceptors (Lipinski definition) is 4. The predicted molar refractivity (Wildman–Crippen MR) is 76.1 cm³/mol. The van der Waals surface area contributed by atoms with Crippen molar-refractivity contribution < 1.29 is 13.2 Å². The lowest BCUT2D eigenvalue weighted by Gasteiger charge is -2.38. The Hall–Kier alpha value is 0.120. The Balaban J connectivity index is 0.00000133. The summed E-state index contributed by atoms with van der Waals surface area (Å²) in [6, 6.07) is 0. The summed E-state index contributed by atoms with van der Waals surface area (Å²) in [5, 5.41) is 3.20. The number of halogens is 1. The average Bonchev–Trinajstić information content (AvgIpc) is 3.12. The zero-order valence-electron chi connectivity index (χ0n) is 11.1. The lowest BCUT2D eigenvalue weighted by molar-refractivity contribution is -0.113. The van der Waals surface area contributed by atoms with Gasteiger partial charge >= 0.3 is 0 Å².